The average Bonchev–Trinajstić information content (AvgIpc) is 2.90. The summed E-state index contributed by atoms with van der Waals surface area (Å²) in [6, 6.07) is 9.05. The lowest BCUT2D eigenvalue weighted by molar-refractivity contribution is 0.0698. The van der Waals surface area contributed by atoms with Gasteiger partial charge in [0.25, 0.3) is 0 Å². The van der Waals surface area contributed by atoms with E-state index in [0.29, 0.717) is 17.3 Å². The number of hydrogen-bond acceptors (Lipinski definition) is 4. The molecular weight excluding hydrogens is 272 g/mol. The maximum absolute atomic E-state index is 11.3. The van der Waals surface area contributed by atoms with Gasteiger partial charge in [0.15, 0.2) is 0 Å². The second kappa shape index (κ2) is 5.96. The quantitative estimate of drug-likeness (QED) is 0.731. The van der Waals surface area contributed by atoms with Crippen molar-refractivity contribution in [2.45, 2.75) is 19.9 Å². The summed E-state index contributed by atoms with van der Waals surface area (Å²) in [5.41, 5.74) is 6.91. The van der Waals surface area contributed by atoms with Crippen molar-refractivity contribution in [3.63, 3.8) is 0 Å². The van der Waals surface area contributed by atoms with Crippen LogP contribution in [0.15, 0.2) is 35.7 Å². The number of aromatic carboxylic acids is 1. The number of carboxylic acids is 1. The molecule has 2 rings (SSSR count). The Morgan fingerprint density at radius 1 is 1.35 bits per heavy atom. The van der Waals surface area contributed by atoms with E-state index in [0.717, 1.165) is 0 Å². The maximum Gasteiger partial charge on any atom is 0.337 e. The zero-order chi connectivity index (χ0) is 14.7. The molecule has 0 bridgehead atoms. The van der Waals surface area contributed by atoms with Crippen molar-refractivity contribution >= 4 is 28.7 Å². The maximum atomic E-state index is 11.3. The molecule has 1 aromatic heterocycles. The highest BCUT2D eigenvalue weighted by atomic mass is 32.1. The molecule has 1 aromatic carbocycles. The summed E-state index contributed by atoms with van der Waals surface area (Å²) < 4.78 is 0. The van der Waals surface area contributed by atoms with Crippen molar-refractivity contribution in [3.05, 3.63) is 46.2 Å². The topological polar surface area (TPSA) is 75.3 Å². The van der Waals surface area contributed by atoms with Crippen molar-refractivity contribution in [1.29, 1.82) is 0 Å². The molecular formula is C15H18N2O2S. The first-order chi connectivity index (χ1) is 9.49. The first-order valence-corrected chi connectivity index (χ1v) is 7.29. The Hall–Kier alpha value is -2.01. The summed E-state index contributed by atoms with van der Waals surface area (Å²) >= 11 is 1.66. The van der Waals surface area contributed by atoms with Crippen LogP contribution in [0.5, 0.6) is 0 Å². The van der Waals surface area contributed by atoms with E-state index in [-0.39, 0.29) is 11.6 Å². The second-order valence-electron chi connectivity index (χ2n) is 4.99. The monoisotopic (exact) mass is 290 g/mol. The van der Waals surface area contributed by atoms with E-state index in [1.807, 2.05) is 11.4 Å². The summed E-state index contributed by atoms with van der Waals surface area (Å²) in [4.78, 5) is 12.5. The van der Waals surface area contributed by atoms with Gasteiger partial charge in [0.2, 0.25) is 0 Å². The van der Waals surface area contributed by atoms with Crippen molar-refractivity contribution in [2.75, 3.05) is 11.1 Å². The minimum atomic E-state index is -0.978. The van der Waals surface area contributed by atoms with Gasteiger partial charge in [-0.3, -0.25) is 0 Å². The molecule has 1 unspecified atom stereocenters. The third-order valence-corrected chi connectivity index (χ3v) is 4.06. The summed E-state index contributed by atoms with van der Waals surface area (Å²) in [5, 5.41) is 14.6. The molecule has 0 radical (unpaired) electrons. The van der Waals surface area contributed by atoms with Crippen LogP contribution in [0.1, 0.15) is 35.1 Å². The molecule has 106 valence electrons. The van der Waals surface area contributed by atoms with Gasteiger partial charge in [-0.1, -0.05) is 19.9 Å². The van der Waals surface area contributed by atoms with Crippen LogP contribution in [0.2, 0.25) is 0 Å². The average molecular weight is 290 g/mol. The van der Waals surface area contributed by atoms with E-state index in [9.17, 15) is 9.90 Å². The number of benzene rings is 1. The third kappa shape index (κ3) is 3.11. The van der Waals surface area contributed by atoms with Gasteiger partial charge in [-0.15, -0.1) is 11.3 Å². The summed E-state index contributed by atoms with van der Waals surface area (Å²) in [5.74, 6) is -0.638. The Kier molecular flexibility index (Phi) is 4.29. The molecule has 5 heteroatoms. The molecule has 20 heavy (non-hydrogen) atoms. The van der Waals surface area contributed by atoms with Gasteiger partial charge in [-0.25, -0.2) is 4.79 Å². The number of nitrogens with one attached hydrogen (secondary N) is 1. The van der Waals surface area contributed by atoms with Crippen LogP contribution in [0.25, 0.3) is 0 Å². The molecule has 0 saturated carbocycles. The zero-order valence-corrected chi connectivity index (χ0v) is 12.3. The van der Waals surface area contributed by atoms with Gasteiger partial charge in [-0.2, -0.15) is 0 Å². The molecule has 2 aromatic rings. The fraction of sp³-hybridized carbons (Fsp3) is 0.267. The van der Waals surface area contributed by atoms with Crippen LogP contribution in [0.3, 0.4) is 0 Å². The van der Waals surface area contributed by atoms with E-state index in [1.54, 1.807) is 23.5 Å². The summed E-state index contributed by atoms with van der Waals surface area (Å²) in [6.45, 7) is 4.21. The molecule has 0 amide bonds. The summed E-state index contributed by atoms with van der Waals surface area (Å²) in [6.07, 6.45) is 0. The van der Waals surface area contributed by atoms with Gasteiger partial charge in [0, 0.05) is 16.3 Å². The smallest absolute Gasteiger partial charge is 0.337 e. The molecule has 0 saturated heterocycles. The zero-order valence-electron chi connectivity index (χ0n) is 11.5. The fourth-order valence-electron chi connectivity index (χ4n) is 2.07. The van der Waals surface area contributed by atoms with Crippen LogP contribution in [-0.4, -0.2) is 11.1 Å². The van der Waals surface area contributed by atoms with E-state index >= 15 is 0 Å². The molecule has 0 spiro atoms. The molecule has 0 fully saturated rings. The van der Waals surface area contributed by atoms with Crippen LogP contribution in [0, 0.1) is 5.92 Å². The number of rotatable bonds is 5. The van der Waals surface area contributed by atoms with Crippen molar-refractivity contribution in [3.8, 4) is 0 Å². The lowest BCUT2D eigenvalue weighted by atomic mass is 10.0. The van der Waals surface area contributed by atoms with E-state index in [2.05, 4.69) is 25.2 Å². The van der Waals surface area contributed by atoms with Crippen LogP contribution >= 0.6 is 11.3 Å². The Morgan fingerprint density at radius 2 is 2.10 bits per heavy atom. The molecule has 4 nitrogen and oxygen atoms in total. The Balaban J connectivity index is 2.34. The van der Waals surface area contributed by atoms with Crippen molar-refractivity contribution in [1.82, 2.24) is 0 Å². The minimum Gasteiger partial charge on any atom is -0.478 e. The Bertz CT molecular complexity index is 594. The van der Waals surface area contributed by atoms with E-state index in [1.165, 1.54) is 10.9 Å². The summed E-state index contributed by atoms with van der Waals surface area (Å²) in [7, 11) is 0. The third-order valence-electron chi connectivity index (χ3n) is 3.10. The SMILES string of the molecule is CC(C)C(Nc1ccc(N)cc1C(=O)O)c1cccs1. The molecule has 4 N–H and O–H groups in total. The van der Waals surface area contributed by atoms with E-state index in [4.69, 9.17) is 5.73 Å². The normalized spacial score (nSPS) is 12.3. The lowest BCUT2D eigenvalue weighted by Crippen LogP contribution is -2.17. The number of carbonyl (C=O) groups is 1. The van der Waals surface area contributed by atoms with Gasteiger partial charge >= 0.3 is 5.97 Å². The highest BCUT2D eigenvalue weighted by Gasteiger charge is 2.19. The highest BCUT2D eigenvalue weighted by molar-refractivity contribution is 7.10. The number of carboxylic acid groups (broad SMARTS) is 1. The molecule has 0 aliphatic carbocycles. The largest absolute Gasteiger partial charge is 0.478 e. The number of hydrogen-bond donors (Lipinski definition) is 3. The standard InChI is InChI=1S/C15H18N2O2S/c1-9(2)14(13-4-3-7-20-13)17-12-6-5-10(16)8-11(12)15(18)19/h3-9,14,17H,16H2,1-2H3,(H,18,19). The van der Waals surface area contributed by atoms with Crippen LogP contribution in [-0.2, 0) is 0 Å². The number of nitrogens with two attached hydrogens (primary N) is 1. The first-order valence-electron chi connectivity index (χ1n) is 6.41. The number of anilines is 2. The molecule has 1 atom stereocenters. The number of thiophene rings is 1. The fourth-order valence-corrected chi connectivity index (χ4v) is 3.02. The van der Waals surface area contributed by atoms with Gasteiger partial charge in [-0.05, 0) is 35.6 Å². The Labute approximate surface area is 122 Å². The van der Waals surface area contributed by atoms with Gasteiger partial charge in [0.1, 0.15) is 0 Å². The highest BCUT2D eigenvalue weighted by Crippen LogP contribution is 2.31. The Morgan fingerprint density at radius 3 is 2.65 bits per heavy atom. The first kappa shape index (κ1) is 14.4. The van der Waals surface area contributed by atoms with E-state index < -0.39 is 5.97 Å². The second-order valence-corrected chi connectivity index (χ2v) is 5.97. The van der Waals surface area contributed by atoms with Crippen molar-refractivity contribution < 1.29 is 9.90 Å². The number of nitrogen functional groups attached to an aromatic ring is 1. The van der Waals surface area contributed by atoms with Crippen molar-refractivity contribution in [2.24, 2.45) is 5.92 Å². The van der Waals surface area contributed by atoms with Gasteiger partial charge < -0.3 is 16.2 Å². The molecule has 1 heterocycles. The lowest BCUT2D eigenvalue weighted by Gasteiger charge is -2.23. The van der Waals surface area contributed by atoms with Crippen LogP contribution in [0.4, 0.5) is 11.4 Å². The minimum absolute atomic E-state index is 0.0803. The molecule has 0 aliphatic rings. The van der Waals surface area contributed by atoms with Crippen LogP contribution < -0.4 is 11.1 Å². The van der Waals surface area contributed by atoms with Gasteiger partial charge in [0.05, 0.1) is 11.6 Å². The molecule has 0 aliphatic heterocycles. The predicted molar refractivity (Wildman–Crippen MR) is 83.3 cm³/mol. The predicted octanol–water partition coefficient (Wildman–Crippen LogP) is 3.84.